The van der Waals surface area contributed by atoms with Gasteiger partial charge in [0.25, 0.3) is 0 Å². The van der Waals surface area contributed by atoms with Gasteiger partial charge >= 0.3 is 0 Å². The summed E-state index contributed by atoms with van der Waals surface area (Å²) in [5.74, 6) is 1.30. The third-order valence-electron chi connectivity index (χ3n) is 13.1. The molecule has 0 spiro atoms. The van der Waals surface area contributed by atoms with E-state index in [0.29, 0.717) is 17.3 Å². The molecule has 0 radical (unpaired) electrons. The third kappa shape index (κ3) is 3.71. The fourth-order valence-electron chi connectivity index (χ4n) is 10.7. The molecule has 0 N–H and O–H groups in total. The zero-order valence-corrected chi connectivity index (χ0v) is 31.9. The zero-order chi connectivity index (χ0) is 38.8. The van der Waals surface area contributed by atoms with Crippen molar-refractivity contribution in [2.45, 2.75) is 0 Å². The summed E-state index contributed by atoms with van der Waals surface area (Å²) in [6.07, 6.45) is 0. The van der Waals surface area contributed by atoms with E-state index in [2.05, 4.69) is 177 Å². The molecule has 0 atom stereocenters. The van der Waals surface area contributed by atoms with Crippen molar-refractivity contribution >= 4 is 125 Å². The van der Waals surface area contributed by atoms with E-state index < -0.39 is 0 Å². The lowest BCUT2D eigenvalue weighted by atomic mass is 10.0. The molecular formula is C54H29N5O. The van der Waals surface area contributed by atoms with Gasteiger partial charge in [-0.2, -0.15) is 4.98 Å². The second-order valence-corrected chi connectivity index (χ2v) is 16.1. The fourth-order valence-corrected chi connectivity index (χ4v) is 10.7. The summed E-state index contributed by atoms with van der Waals surface area (Å²) < 4.78 is 13.9. The standard InChI is InChI=1S/C54H29N5O/c1-2-15-32-28-44-38(27-31(32)14-1)39-29-45-48(49-36-19-7-9-21-40(36)57(44)51(39)49)35-18-6-11-23-42(35)59(45)54-55-50-37-20-8-12-24-46(37)60-52(50)53(56-54)58-41-22-10-5-17-34(41)47-33-16-4-3-13-30(33)25-26-43(47)58/h1-29H. The molecule has 6 aromatic heterocycles. The van der Waals surface area contributed by atoms with Crippen molar-refractivity contribution in [1.82, 2.24) is 23.5 Å². The highest BCUT2D eigenvalue weighted by Crippen LogP contribution is 2.48. The molecule has 15 aromatic rings. The van der Waals surface area contributed by atoms with E-state index in [-0.39, 0.29) is 0 Å². The number of benzene rings is 9. The number of hydrogen-bond donors (Lipinski definition) is 0. The molecule has 0 aliphatic rings. The topological polar surface area (TPSA) is 53.2 Å². The second kappa shape index (κ2) is 10.8. The van der Waals surface area contributed by atoms with E-state index in [1.54, 1.807) is 0 Å². The summed E-state index contributed by atoms with van der Waals surface area (Å²) in [5, 5.41) is 15.5. The van der Waals surface area contributed by atoms with Crippen molar-refractivity contribution < 1.29 is 4.42 Å². The van der Waals surface area contributed by atoms with Crippen LogP contribution in [0.4, 0.5) is 0 Å². The van der Waals surface area contributed by atoms with Crippen LogP contribution >= 0.6 is 0 Å². The van der Waals surface area contributed by atoms with Crippen LogP contribution in [0.3, 0.4) is 0 Å². The lowest BCUT2D eigenvalue weighted by Gasteiger charge is -2.12. The molecule has 0 fully saturated rings. The third-order valence-corrected chi connectivity index (χ3v) is 13.1. The van der Waals surface area contributed by atoms with Gasteiger partial charge in [-0.25, -0.2) is 4.98 Å². The molecule has 0 aliphatic heterocycles. The van der Waals surface area contributed by atoms with Gasteiger partial charge in [-0.05, 0) is 76.1 Å². The Labute approximate surface area is 339 Å². The van der Waals surface area contributed by atoms with E-state index in [0.717, 1.165) is 43.9 Å². The maximum atomic E-state index is 6.80. The zero-order valence-electron chi connectivity index (χ0n) is 31.9. The Morgan fingerprint density at radius 3 is 1.78 bits per heavy atom. The first-order chi connectivity index (χ1) is 29.8. The van der Waals surface area contributed by atoms with Crippen LogP contribution in [0.25, 0.3) is 137 Å². The van der Waals surface area contributed by atoms with Crippen LogP contribution in [0.5, 0.6) is 0 Å². The van der Waals surface area contributed by atoms with Crippen LogP contribution in [-0.4, -0.2) is 23.5 Å². The average molecular weight is 764 g/mol. The number of aromatic nitrogens is 5. The van der Waals surface area contributed by atoms with Crippen LogP contribution < -0.4 is 0 Å². The maximum Gasteiger partial charge on any atom is 0.237 e. The predicted octanol–water partition coefficient (Wildman–Crippen LogP) is 14.0. The van der Waals surface area contributed by atoms with E-state index in [1.165, 1.54) is 75.8 Å². The largest absolute Gasteiger partial charge is 0.450 e. The van der Waals surface area contributed by atoms with Crippen LogP contribution in [-0.2, 0) is 0 Å². The first kappa shape index (κ1) is 30.9. The second-order valence-electron chi connectivity index (χ2n) is 16.1. The molecule has 0 aliphatic carbocycles. The van der Waals surface area contributed by atoms with Gasteiger partial charge in [-0.3, -0.25) is 9.13 Å². The van der Waals surface area contributed by atoms with Crippen molar-refractivity contribution in [3.05, 3.63) is 176 Å². The molecular weight excluding hydrogens is 735 g/mol. The van der Waals surface area contributed by atoms with Gasteiger partial charge in [0.05, 0.1) is 38.6 Å². The SMILES string of the molecule is c1ccc2cc3c(cc2c1)c1cc2c(c4ccccc4n2-c2nc(-n4c5ccccc5c5c6ccccc6ccc54)c4oc5ccccc5c4n2)c2c4ccccc4n3c12. The Morgan fingerprint density at radius 1 is 0.367 bits per heavy atom. The van der Waals surface area contributed by atoms with Crippen molar-refractivity contribution in [1.29, 1.82) is 0 Å². The van der Waals surface area contributed by atoms with Crippen molar-refractivity contribution in [3.8, 4) is 11.8 Å². The summed E-state index contributed by atoms with van der Waals surface area (Å²) >= 11 is 0. The van der Waals surface area contributed by atoms with Gasteiger partial charge in [-0.1, -0.05) is 121 Å². The number of nitrogens with zero attached hydrogens (tertiary/aromatic N) is 5. The quantitative estimate of drug-likeness (QED) is 0.176. The number of furan rings is 1. The molecule has 15 rings (SSSR count). The summed E-state index contributed by atoms with van der Waals surface area (Å²) in [4.78, 5) is 11.2. The molecule has 276 valence electrons. The molecule has 0 amide bonds. The molecule has 6 heterocycles. The maximum absolute atomic E-state index is 6.80. The first-order valence-corrected chi connectivity index (χ1v) is 20.4. The number of rotatable bonds is 2. The molecule has 0 bridgehead atoms. The Bertz CT molecular complexity index is 4370. The lowest BCUT2D eigenvalue weighted by molar-refractivity contribution is 0.661. The Hall–Kier alpha value is -8.22. The highest BCUT2D eigenvalue weighted by Gasteiger charge is 2.27. The van der Waals surface area contributed by atoms with Crippen molar-refractivity contribution in [2.24, 2.45) is 0 Å². The van der Waals surface area contributed by atoms with Crippen LogP contribution in [0, 0.1) is 0 Å². The lowest BCUT2D eigenvalue weighted by Crippen LogP contribution is -2.06. The summed E-state index contributed by atoms with van der Waals surface area (Å²) in [5.41, 5.74) is 10.1. The van der Waals surface area contributed by atoms with Gasteiger partial charge < -0.3 is 8.82 Å². The predicted molar refractivity (Wildman–Crippen MR) is 248 cm³/mol. The summed E-state index contributed by atoms with van der Waals surface area (Å²) in [6, 6.07) is 63.3. The monoisotopic (exact) mass is 763 g/mol. The molecule has 0 unspecified atom stereocenters. The van der Waals surface area contributed by atoms with Gasteiger partial charge in [0.15, 0.2) is 11.4 Å². The summed E-state index contributed by atoms with van der Waals surface area (Å²) in [7, 11) is 0. The Balaban J connectivity index is 1.15. The van der Waals surface area contributed by atoms with Gasteiger partial charge in [0.2, 0.25) is 5.95 Å². The van der Waals surface area contributed by atoms with Crippen LogP contribution in [0.15, 0.2) is 180 Å². The summed E-state index contributed by atoms with van der Waals surface area (Å²) in [6.45, 7) is 0. The van der Waals surface area contributed by atoms with Gasteiger partial charge in [0.1, 0.15) is 11.1 Å². The normalized spacial score (nSPS) is 12.7. The minimum atomic E-state index is 0.592. The van der Waals surface area contributed by atoms with E-state index in [4.69, 9.17) is 14.4 Å². The van der Waals surface area contributed by atoms with Crippen LogP contribution in [0.1, 0.15) is 0 Å². The van der Waals surface area contributed by atoms with E-state index >= 15 is 0 Å². The highest BCUT2D eigenvalue weighted by molar-refractivity contribution is 6.36. The van der Waals surface area contributed by atoms with Gasteiger partial charge in [-0.15, -0.1) is 0 Å². The fraction of sp³-hybridized carbons (Fsp3) is 0. The minimum absolute atomic E-state index is 0.592. The van der Waals surface area contributed by atoms with Crippen molar-refractivity contribution in [2.75, 3.05) is 0 Å². The van der Waals surface area contributed by atoms with E-state index in [9.17, 15) is 0 Å². The Morgan fingerprint density at radius 2 is 0.983 bits per heavy atom. The first-order valence-electron chi connectivity index (χ1n) is 20.4. The average Bonchev–Trinajstić information content (AvgIpc) is 4.10. The molecule has 6 heteroatoms. The minimum Gasteiger partial charge on any atom is -0.450 e. The molecule has 9 aromatic carbocycles. The molecule has 60 heavy (non-hydrogen) atoms. The van der Waals surface area contributed by atoms with Crippen molar-refractivity contribution in [3.63, 3.8) is 0 Å². The van der Waals surface area contributed by atoms with Gasteiger partial charge in [0, 0.05) is 48.5 Å². The van der Waals surface area contributed by atoms with Crippen LogP contribution in [0.2, 0.25) is 0 Å². The molecule has 6 nitrogen and oxygen atoms in total. The smallest absolute Gasteiger partial charge is 0.237 e. The van der Waals surface area contributed by atoms with E-state index in [1.807, 2.05) is 12.1 Å². The molecule has 0 saturated carbocycles. The number of para-hydroxylation sites is 4. The Kier molecular flexibility index (Phi) is 5.57. The number of hydrogen-bond acceptors (Lipinski definition) is 3. The number of fused-ring (bicyclic) bond motifs is 19. The highest BCUT2D eigenvalue weighted by atomic mass is 16.3. The molecule has 0 saturated heterocycles.